The number of carbonyl (C=O) groups excluding carboxylic acids is 2. The van der Waals surface area contributed by atoms with Crippen molar-refractivity contribution in [3.63, 3.8) is 0 Å². The Morgan fingerprint density at radius 1 is 1.06 bits per heavy atom. The molecule has 4 rings (SSSR count). The number of urea groups is 1. The van der Waals surface area contributed by atoms with Crippen LogP contribution < -0.4 is 10.7 Å². The lowest BCUT2D eigenvalue weighted by Crippen LogP contribution is -2.24. The number of nitrogens with zero attached hydrogens (tertiary/aromatic N) is 2. The van der Waals surface area contributed by atoms with Gasteiger partial charge in [0.15, 0.2) is 0 Å². The van der Waals surface area contributed by atoms with Gasteiger partial charge in [-0.1, -0.05) is 36.4 Å². The topological polar surface area (TPSA) is 97.9 Å². The van der Waals surface area contributed by atoms with Gasteiger partial charge in [0, 0.05) is 28.4 Å². The summed E-state index contributed by atoms with van der Waals surface area (Å²) >= 11 is 0. The molecule has 0 aliphatic heterocycles. The summed E-state index contributed by atoms with van der Waals surface area (Å²) < 4.78 is 12.2. The van der Waals surface area contributed by atoms with Gasteiger partial charge in [-0.05, 0) is 30.3 Å². The largest absolute Gasteiger partial charge is 0.463 e. The van der Waals surface area contributed by atoms with E-state index in [0.717, 1.165) is 16.5 Å². The first kappa shape index (κ1) is 20.0. The SMILES string of the molecule is COC(=O)c1ccc(Cn2cc(/C=N/NC(=O)Nc3ccccc3)c3ccccc32)o1. The molecule has 0 saturated carbocycles. The predicted molar refractivity (Wildman–Crippen MR) is 117 cm³/mol. The normalized spacial score (nSPS) is 11.0. The maximum absolute atomic E-state index is 12.0. The summed E-state index contributed by atoms with van der Waals surface area (Å²) in [6, 6.07) is 19.8. The van der Waals surface area contributed by atoms with Crippen molar-refractivity contribution in [3.05, 3.63) is 90.0 Å². The molecule has 2 aromatic heterocycles. The number of amides is 2. The molecule has 0 radical (unpaired) electrons. The Hall–Kier alpha value is -4.33. The first-order valence-electron chi connectivity index (χ1n) is 9.54. The lowest BCUT2D eigenvalue weighted by Gasteiger charge is -2.02. The number of rotatable bonds is 6. The van der Waals surface area contributed by atoms with E-state index in [1.807, 2.05) is 53.2 Å². The van der Waals surface area contributed by atoms with Crippen molar-refractivity contribution in [2.45, 2.75) is 6.54 Å². The van der Waals surface area contributed by atoms with Crippen molar-refractivity contribution >= 4 is 34.8 Å². The molecule has 0 spiro atoms. The second kappa shape index (κ2) is 9.00. The highest BCUT2D eigenvalue weighted by atomic mass is 16.5. The maximum atomic E-state index is 12.0. The molecule has 0 atom stereocenters. The van der Waals surface area contributed by atoms with Gasteiger partial charge in [-0.15, -0.1) is 0 Å². The molecule has 2 aromatic carbocycles. The summed E-state index contributed by atoms with van der Waals surface area (Å²) in [7, 11) is 1.31. The monoisotopic (exact) mass is 416 g/mol. The fourth-order valence-corrected chi connectivity index (χ4v) is 3.19. The first-order valence-corrected chi connectivity index (χ1v) is 9.54. The zero-order valence-corrected chi connectivity index (χ0v) is 16.7. The molecule has 0 unspecified atom stereocenters. The van der Waals surface area contributed by atoms with Crippen molar-refractivity contribution in [1.29, 1.82) is 0 Å². The molecule has 0 aliphatic rings. The van der Waals surface area contributed by atoms with E-state index in [9.17, 15) is 9.59 Å². The molecule has 4 aromatic rings. The van der Waals surface area contributed by atoms with E-state index in [-0.39, 0.29) is 5.76 Å². The number of benzene rings is 2. The number of ether oxygens (including phenoxy) is 1. The third-order valence-corrected chi connectivity index (χ3v) is 4.60. The molecule has 2 heterocycles. The number of methoxy groups -OCH3 is 1. The summed E-state index contributed by atoms with van der Waals surface area (Å²) in [5.41, 5.74) is 4.94. The second-order valence-electron chi connectivity index (χ2n) is 6.68. The van der Waals surface area contributed by atoms with Crippen LogP contribution in [0.15, 0.2) is 82.4 Å². The van der Waals surface area contributed by atoms with Crippen LogP contribution in [0.25, 0.3) is 10.9 Å². The smallest absolute Gasteiger partial charge is 0.373 e. The highest BCUT2D eigenvalue weighted by molar-refractivity contribution is 6.00. The number of fused-ring (bicyclic) bond motifs is 1. The fraction of sp³-hybridized carbons (Fsp3) is 0.0870. The van der Waals surface area contributed by atoms with Gasteiger partial charge in [0.05, 0.1) is 19.9 Å². The lowest BCUT2D eigenvalue weighted by molar-refractivity contribution is 0.0563. The van der Waals surface area contributed by atoms with Crippen LogP contribution in [0, 0.1) is 0 Å². The van der Waals surface area contributed by atoms with Crippen molar-refractivity contribution in [2.24, 2.45) is 5.10 Å². The number of nitrogens with one attached hydrogen (secondary N) is 2. The Labute approximate surface area is 178 Å². The maximum Gasteiger partial charge on any atom is 0.373 e. The molecule has 8 nitrogen and oxygen atoms in total. The quantitative estimate of drug-likeness (QED) is 0.279. The van der Waals surface area contributed by atoms with E-state index in [0.29, 0.717) is 18.0 Å². The minimum atomic E-state index is -0.517. The van der Waals surface area contributed by atoms with Gasteiger partial charge in [0.1, 0.15) is 5.76 Å². The van der Waals surface area contributed by atoms with Crippen LogP contribution >= 0.6 is 0 Å². The van der Waals surface area contributed by atoms with Crippen molar-refractivity contribution in [2.75, 3.05) is 12.4 Å². The van der Waals surface area contributed by atoms with E-state index in [1.165, 1.54) is 7.11 Å². The van der Waals surface area contributed by atoms with Gasteiger partial charge in [0.2, 0.25) is 5.76 Å². The Morgan fingerprint density at radius 3 is 2.65 bits per heavy atom. The number of para-hydroxylation sites is 2. The number of hydrogen-bond acceptors (Lipinski definition) is 5. The minimum Gasteiger partial charge on any atom is -0.463 e. The number of furan rings is 1. The number of hydrogen-bond donors (Lipinski definition) is 2. The van der Waals surface area contributed by atoms with Crippen LogP contribution in [0.3, 0.4) is 0 Å². The Balaban J connectivity index is 1.50. The van der Waals surface area contributed by atoms with Gasteiger partial charge >= 0.3 is 12.0 Å². The average Bonchev–Trinajstić information content (AvgIpc) is 3.40. The highest BCUT2D eigenvalue weighted by Crippen LogP contribution is 2.22. The van der Waals surface area contributed by atoms with Gasteiger partial charge < -0.3 is 19.0 Å². The third kappa shape index (κ3) is 4.64. The first-order chi connectivity index (χ1) is 15.1. The van der Waals surface area contributed by atoms with Gasteiger partial charge in [0.25, 0.3) is 0 Å². The number of carbonyl (C=O) groups is 2. The van der Waals surface area contributed by atoms with Crippen LogP contribution in [-0.4, -0.2) is 29.9 Å². The van der Waals surface area contributed by atoms with Crippen LogP contribution in [0.5, 0.6) is 0 Å². The van der Waals surface area contributed by atoms with Gasteiger partial charge in [-0.25, -0.2) is 15.0 Å². The molecule has 31 heavy (non-hydrogen) atoms. The Kier molecular flexibility index (Phi) is 5.79. The lowest BCUT2D eigenvalue weighted by atomic mass is 10.2. The molecule has 2 amide bonds. The zero-order chi connectivity index (χ0) is 21.6. The zero-order valence-electron chi connectivity index (χ0n) is 16.7. The summed E-state index contributed by atoms with van der Waals surface area (Å²) in [5.74, 6) is 0.255. The van der Waals surface area contributed by atoms with E-state index >= 15 is 0 Å². The fourth-order valence-electron chi connectivity index (χ4n) is 3.19. The molecule has 0 saturated heterocycles. The Morgan fingerprint density at radius 2 is 1.84 bits per heavy atom. The molecule has 0 fully saturated rings. The minimum absolute atomic E-state index is 0.157. The molecule has 0 aliphatic carbocycles. The molecule has 0 bridgehead atoms. The molecule has 8 heteroatoms. The van der Waals surface area contributed by atoms with Crippen LogP contribution in [0.1, 0.15) is 21.9 Å². The number of hydrazone groups is 1. The molecule has 156 valence electrons. The summed E-state index contributed by atoms with van der Waals surface area (Å²) in [6.07, 6.45) is 3.50. The predicted octanol–water partition coefficient (Wildman–Crippen LogP) is 4.22. The van der Waals surface area contributed by atoms with E-state index in [1.54, 1.807) is 30.5 Å². The van der Waals surface area contributed by atoms with Crippen LogP contribution in [0.2, 0.25) is 0 Å². The number of anilines is 1. The molecular weight excluding hydrogens is 396 g/mol. The third-order valence-electron chi connectivity index (χ3n) is 4.60. The van der Waals surface area contributed by atoms with E-state index in [2.05, 4.69) is 20.6 Å². The molecular formula is C23H20N4O4. The van der Waals surface area contributed by atoms with Crippen molar-refractivity contribution in [3.8, 4) is 0 Å². The van der Waals surface area contributed by atoms with Crippen LogP contribution in [-0.2, 0) is 11.3 Å². The summed E-state index contributed by atoms with van der Waals surface area (Å²) in [6.45, 7) is 0.424. The number of aromatic nitrogens is 1. The van der Waals surface area contributed by atoms with Crippen molar-refractivity contribution < 1.29 is 18.7 Å². The van der Waals surface area contributed by atoms with E-state index < -0.39 is 12.0 Å². The van der Waals surface area contributed by atoms with Crippen LogP contribution in [0.4, 0.5) is 10.5 Å². The molecule has 2 N–H and O–H groups in total. The summed E-state index contributed by atoms with van der Waals surface area (Å²) in [5, 5.41) is 7.73. The number of esters is 1. The highest BCUT2D eigenvalue weighted by Gasteiger charge is 2.13. The van der Waals surface area contributed by atoms with Gasteiger partial charge in [-0.2, -0.15) is 5.10 Å². The average molecular weight is 416 g/mol. The van der Waals surface area contributed by atoms with Crippen molar-refractivity contribution in [1.82, 2.24) is 9.99 Å². The van der Waals surface area contributed by atoms with E-state index in [4.69, 9.17) is 4.42 Å². The van der Waals surface area contributed by atoms with Gasteiger partial charge in [-0.3, -0.25) is 0 Å². The standard InChI is InChI=1S/C23H20N4O4/c1-30-22(28)21-12-11-18(31-21)15-27-14-16(19-9-5-6-10-20(19)27)13-24-26-23(29)25-17-7-3-2-4-8-17/h2-14H,15H2,1H3,(H2,25,26,29)/b24-13+. The Bertz CT molecular complexity index is 1240. The second-order valence-corrected chi connectivity index (χ2v) is 6.68. The summed E-state index contributed by atoms with van der Waals surface area (Å²) in [4.78, 5) is 23.6.